The molecule has 0 aromatic heterocycles. The van der Waals surface area contributed by atoms with Gasteiger partial charge in [-0.05, 0) is 27.3 Å². The minimum Gasteiger partial charge on any atom is -0.288 e. The van der Waals surface area contributed by atoms with E-state index < -0.39 is 0 Å². The van der Waals surface area contributed by atoms with E-state index in [1.165, 1.54) is 12.2 Å². The van der Waals surface area contributed by atoms with Crippen LogP contribution in [0, 0.1) is 0 Å². The molecule has 1 fully saturated rings. The van der Waals surface area contributed by atoms with E-state index in [1.807, 2.05) is 0 Å². The summed E-state index contributed by atoms with van der Waals surface area (Å²) in [4.78, 5) is 2.42. The molecule has 0 aromatic rings. The average molecular weight is 248 g/mol. The highest BCUT2D eigenvalue weighted by Crippen LogP contribution is 2.35. The van der Waals surface area contributed by atoms with Gasteiger partial charge in [0.05, 0.1) is 6.17 Å². The normalized spacial score (nSPS) is 28.4. The van der Waals surface area contributed by atoms with Gasteiger partial charge in [0, 0.05) is 23.1 Å². The van der Waals surface area contributed by atoms with Crippen LogP contribution in [0.5, 0.6) is 0 Å². The summed E-state index contributed by atoms with van der Waals surface area (Å²) in [6.07, 6.45) is 1.63. The van der Waals surface area contributed by atoms with Crippen molar-refractivity contribution < 1.29 is 0 Å². The second kappa shape index (κ2) is 5.30. The zero-order valence-electron chi connectivity index (χ0n) is 10.5. The van der Waals surface area contributed by atoms with Gasteiger partial charge in [0.1, 0.15) is 0 Å². The fraction of sp³-hybridized carbons (Fsp3) is 1.00. The van der Waals surface area contributed by atoms with Crippen molar-refractivity contribution >= 4 is 24.6 Å². The molecule has 0 aliphatic carbocycles. The van der Waals surface area contributed by atoms with Crippen LogP contribution in [0.15, 0.2) is 0 Å². The van der Waals surface area contributed by atoms with Crippen LogP contribution < -0.4 is 0 Å². The van der Waals surface area contributed by atoms with Gasteiger partial charge in [0.15, 0.2) is 0 Å². The van der Waals surface area contributed by atoms with Crippen LogP contribution in [-0.2, 0) is 0 Å². The number of thioether (sulfide) groups is 1. The molecule has 1 heterocycles. The molecule has 1 aliphatic rings. The summed E-state index contributed by atoms with van der Waals surface area (Å²) >= 11 is 6.68. The molecule has 2 nitrogen and oxygen atoms in total. The summed E-state index contributed by atoms with van der Waals surface area (Å²) < 4.78 is 2.56. The zero-order valence-corrected chi connectivity index (χ0v) is 12.2. The highest BCUT2D eigenvalue weighted by atomic mass is 32.2. The van der Waals surface area contributed by atoms with Crippen LogP contribution in [0.4, 0.5) is 0 Å². The standard InChI is InChI=1S/C11H24N2S2/c1-9(2)12(5)10-8-11(3,4)15-7-6-13(10)14/h9-10,14H,6-8H2,1-5H3. The van der Waals surface area contributed by atoms with Gasteiger partial charge in [-0.15, -0.1) is 0 Å². The number of hydrogen-bond donors (Lipinski definition) is 1. The molecule has 4 heteroatoms. The number of thiol groups is 1. The lowest BCUT2D eigenvalue weighted by atomic mass is 10.1. The predicted octanol–water partition coefficient (Wildman–Crippen LogP) is 2.72. The maximum atomic E-state index is 4.62. The van der Waals surface area contributed by atoms with E-state index in [1.54, 1.807) is 0 Å². The van der Waals surface area contributed by atoms with Gasteiger partial charge in [-0.25, -0.2) is 4.31 Å². The number of rotatable bonds is 2. The molecule has 0 aromatic carbocycles. The Kier molecular flexibility index (Phi) is 4.84. The van der Waals surface area contributed by atoms with Gasteiger partial charge < -0.3 is 0 Å². The summed E-state index contributed by atoms with van der Waals surface area (Å²) in [5.41, 5.74) is 0. The summed E-state index contributed by atoms with van der Waals surface area (Å²) in [6, 6.07) is 0.573. The molecule has 1 atom stereocenters. The predicted molar refractivity (Wildman–Crippen MR) is 73.5 cm³/mol. The Labute approximate surface area is 104 Å². The lowest BCUT2D eigenvalue weighted by Gasteiger charge is -2.38. The summed E-state index contributed by atoms with van der Waals surface area (Å²) in [7, 11) is 2.20. The van der Waals surface area contributed by atoms with Crippen molar-refractivity contribution in [1.82, 2.24) is 9.21 Å². The van der Waals surface area contributed by atoms with E-state index in [9.17, 15) is 0 Å². The molecule has 1 unspecified atom stereocenters. The Morgan fingerprint density at radius 1 is 1.47 bits per heavy atom. The molecular formula is C11H24N2S2. The minimum absolute atomic E-state index is 0.366. The third-order valence-electron chi connectivity index (χ3n) is 3.12. The quantitative estimate of drug-likeness (QED) is 0.751. The largest absolute Gasteiger partial charge is 0.288 e. The van der Waals surface area contributed by atoms with Gasteiger partial charge in [0.25, 0.3) is 0 Å². The lowest BCUT2D eigenvalue weighted by molar-refractivity contribution is 0.0987. The van der Waals surface area contributed by atoms with E-state index in [0.717, 1.165) is 6.54 Å². The monoisotopic (exact) mass is 248 g/mol. The molecule has 90 valence electrons. The van der Waals surface area contributed by atoms with E-state index in [0.29, 0.717) is 17.0 Å². The highest BCUT2D eigenvalue weighted by molar-refractivity contribution is 8.00. The minimum atomic E-state index is 0.366. The van der Waals surface area contributed by atoms with E-state index >= 15 is 0 Å². The third-order valence-corrected chi connectivity index (χ3v) is 4.92. The zero-order chi connectivity index (χ0) is 11.6. The molecule has 1 saturated heterocycles. The van der Waals surface area contributed by atoms with Crippen molar-refractivity contribution in [2.24, 2.45) is 0 Å². The van der Waals surface area contributed by atoms with Gasteiger partial charge in [-0.3, -0.25) is 4.90 Å². The van der Waals surface area contributed by atoms with Crippen LogP contribution in [0.3, 0.4) is 0 Å². The third kappa shape index (κ3) is 3.84. The topological polar surface area (TPSA) is 6.48 Å². The van der Waals surface area contributed by atoms with Crippen molar-refractivity contribution in [2.75, 3.05) is 19.3 Å². The molecule has 15 heavy (non-hydrogen) atoms. The number of nitrogens with zero attached hydrogens (tertiary/aromatic N) is 2. The molecule has 0 amide bonds. The average Bonchev–Trinajstić information content (AvgIpc) is 2.24. The molecular weight excluding hydrogens is 224 g/mol. The Hall–Kier alpha value is 0.620. The van der Waals surface area contributed by atoms with Crippen molar-refractivity contribution in [1.29, 1.82) is 0 Å². The molecule has 1 aliphatic heterocycles. The first kappa shape index (κ1) is 13.7. The fourth-order valence-corrected chi connectivity index (χ4v) is 3.45. The van der Waals surface area contributed by atoms with Crippen LogP contribution in [0.1, 0.15) is 34.1 Å². The van der Waals surface area contributed by atoms with Crippen molar-refractivity contribution in [3.63, 3.8) is 0 Å². The summed E-state index contributed by atoms with van der Waals surface area (Å²) in [5.74, 6) is 1.18. The van der Waals surface area contributed by atoms with Crippen LogP contribution in [0.25, 0.3) is 0 Å². The van der Waals surface area contributed by atoms with E-state index in [4.69, 9.17) is 0 Å². The fourth-order valence-electron chi connectivity index (χ4n) is 1.87. The Morgan fingerprint density at radius 2 is 2.07 bits per heavy atom. The van der Waals surface area contributed by atoms with Gasteiger partial charge in [-0.2, -0.15) is 11.8 Å². The van der Waals surface area contributed by atoms with Crippen LogP contribution in [0.2, 0.25) is 0 Å². The maximum absolute atomic E-state index is 4.62. The van der Waals surface area contributed by atoms with E-state index in [2.05, 4.69) is 68.5 Å². The van der Waals surface area contributed by atoms with Crippen molar-refractivity contribution in [3.05, 3.63) is 0 Å². The maximum Gasteiger partial charge on any atom is 0.0731 e. The first-order valence-electron chi connectivity index (χ1n) is 5.65. The second-order valence-electron chi connectivity index (χ2n) is 5.22. The summed E-state index contributed by atoms with van der Waals surface area (Å²) in [5, 5.41) is 0. The Morgan fingerprint density at radius 3 is 2.60 bits per heavy atom. The SMILES string of the molecule is CC(C)N(C)C1CC(C)(C)SCCN1S. The molecule has 0 saturated carbocycles. The lowest BCUT2D eigenvalue weighted by Crippen LogP contribution is -2.47. The van der Waals surface area contributed by atoms with Gasteiger partial charge in [-0.1, -0.05) is 26.7 Å². The summed E-state index contributed by atoms with van der Waals surface area (Å²) in [6.45, 7) is 10.2. The van der Waals surface area contributed by atoms with Gasteiger partial charge >= 0.3 is 0 Å². The number of hydrogen-bond acceptors (Lipinski definition) is 4. The van der Waals surface area contributed by atoms with Gasteiger partial charge in [0.2, 0.25) is 0 Å². The molecule has 0 bridgehead atoms. The highest BCUT2D eigenvalue weighted by Gasteiger charge is 2.33. The smallest absolute Gasteiger partial charge is 0.0731 e. The first-order valence-corrected chi connectivity index (χ1v) is 7.03. The van der Waals surface area contributed by atoms with E-state index in [-0.39, 0.29) is 0 Å². The Balaban J connectivity index is 2.74. The first-order chi connectivity index (χ1) is 6.83. The second-order valence-corrected chi connectivity index (χ2v) is 7.53. The van der Waals surface area contributed by atoms with Crippen molar-refractivity contribution in [3.8, 4) is 0 Å². The van der Waals surface area contributed by atoms with Crippen LogP contribution in [-0.4, -0.2) is 45.5 Å². The molecule has 0 radical (unpaired) electrons. The van der Waals surface area contributed by atoms with Crippen LogP contribution >= 0.6 is 24.6 Å². The molecule has 1 rings (SSSR count). The molecule has 0 spiro atoms. The van der Waals surface area contributed by atoms with Crippen molar-refractivity contribution in [2.45, 2.75) is 51.1 Å². The Bertz CT molecular complexity index is 207. The molecule has 0 N–H and O–H groups in total.